The smallest absolute Gasteiger partial charge is 0.254 e. The largest absolute Gasteiger partial charge is 0.355 e. The van der Waals surface area contributed by atoms with Gasteiger partial charge in [0.05, 0.1) is 11.9 Å². The number of halogens is 2. The Labute approximate surface area is 93.5 Å². The molecular weight excluding hydrogens is 212 g/mol. The fraction of sp³-hybridized carbons (Fsp3) is 0.636. The lowest BCUT2D eigenvalue weighted by Crippen LogP contribution is -2.46. The van der Waals surface area contributed by atoms with Crippen LogP contribution in [0, 0.1) is 12.8 Å². The number of hydrogen-bond acceptors (Lipinski definition) is 3. The number of anilines is 1. The van der Waals surface area contributed by atoms with Crippen LogP contribution >= 0.6 is 0 Å². The number of rotatable bonds is 1. The molecule has 1 aliphatic rings. The molecule has 0 aromatic carbocycles. The van der Waals surface area contributed by atoms with E-state index in [1.54, 1.807) is 19.3 Å². The molecule has 0 N–H and O–H groups in total. The standard InChI is InChI=1S/C11H15F2N3/c1-8-7-16(4-3-11(8,12)13)10-6-14-5-9(2)15-10/h5-6,8H,3-4,7H2,1-2H3. The van der Waals surface area contributed by atoms with Crippen LogP contribution in [-0.4, -0.2) is 29.0 Å². The second-order valence-corrected chi connectivity index (χ2v) is 4.38. The third-order valence-corrected chi connectivity index (χ3v) is 3.00. The van der Waals surface area contributed by atoms with Crippen LogP contribution in [0.5, 0.6) is 0 Å². The summed E-state index contributed by atoms with van der Waals surface area (Å²) < 4.78 is 26.6. The van der Waals surface area contributed by atoms with Gasteiger partial charge < -0.3 is 4.90 Å². The number of hydrogen-bond donors (Lipinski definition) is 0. The summed E-state index contributed by atoms with van der Waals surface area (Å²) in [7, 11) is 0. The van der Waals surface area contributed by atoms with E-state index in [4.69, 9.17) is 0 Å². The van der Waals surface area contributed by atoms with E-state index in [0.717, 1.165) is 5.69 Å². The summed E-state index contributed by atoms with van der Waals surface area (Å²) in [6.45, 7) is 4.11. The zero-order valence-electron chi connectivity index (χ0n) is 9.45. The SMILES string of the molecule is Cc1cncc(N2CCC(F)(F)C(C)C2)n1. The molecule has 1 saturated heterocycles. The highest BCUT2D eigenvalue weighted by atomic mass is 19.3. The van der Waals surface area contributed by atoms with Gasteiger partial charge in [-0.2, -0.15) is 0 Å². The second-order valence-electron chi connectivity index (χ2n) is 4.38. The number of nitrogens with zero attached hydrogens (tertiary/aromatic N) is 3. The Kier molecular flexibility index (Phi) is 2.78. The zero-order chi connectivity index (χ0) is 11.8. The zero-order valence-corrected chi connectivity index (χ0v) is 9.45. The Balaban J connectivity index is 2.14. The first-order chi connectivity index (χ1) is 7.49. The highest BCUT2D eigenvalue weighted by Crippen LogP contribution is 2.34. The van der Waals surface area contributed by atoms with Crippen molar-refractivity contribution in [1.29, 1.82) is 0 Å². The summed E-state index contributed by atoms with van der Waals surface area (Å²) in [5, 5.41) is 0. The van der Waals surface area contributed by atoms with Crippen LogP contribution in [-0.2, 0) is 0 Å². The minimum Gasteiger partial charge on any atom is -0.355 e. The Morgan fingerprint density at radius 2 is 2.19 bits per heavy atom. The summed E-state index contributed by atoms with van der Waals surface area (Å²) in [5.74, 6) is -2.49. The molecule has 0 bridgehead atoms. The molecule has 1 fully saturated rings. The summed E-state index contributed by atoms with van der Waals surface area (Å²) in [6, 6.07) is 0. The maximum Gasteiger partial charge on any atom is 0.254 e. The van der Waals surface area contributed by atoms with E-state index in [0.29, 0.717) is 18.9 Å². The first-order valence-corrected chi connectivity index (χ1v) is 5.40. The van der Waals surface area contributed by atoms with E-state index in [9.17, 15) is 8.78 Å². The predicted octanol–water partition coefficient (Wildman–Crippen LogP) is 2.27. The highest BCUT2D eigenvalue weighted by molar-refractivity contribution is 5.37. The molecule has 3 nitrogen and oxygen atoms in total. The van der Waals surface area contributed by atoms with Crippen molar-refractivity contribution < 1.29 is 8.78 Å². The Bertz CT molecular complexity index is 381. The summed E-state index contributed by atoms with van der Waals surface area (Å²) >= 11 is 0. The molecule has 88 valence electrons. The Morgan fingerprint density at radius 3 is 2.81 bits per heavy atom. The lowest BCUT2D eigenvalue weighted by atomic mass is 9.95. The van der Waals surface area contributed by atoms with Crippen LogP contribution in [0.15, 0.2) is 12.4 Å². The van der Waals surface area contributed by atoms with Crippen molar-refractivity contribution >= 4 is 5.82 Å². The minimum absolute atomic E-state index is 0.107. The van der Waals surface area contributed by atoms with Crippen molar-refractivity contribution in [3.05, 3.63) is 18.1 Å². The van der Waals surface area contributed by atoms with Gasteiger partial charge in [0.25, 0.3) is 5.92 Å². The van der Waals surface area contributed by atoms with Crippen molar-refractivity contribution in [2.45, 2.75) is 26.2 Å². The van der Waals surface area contributed by atoms with Gasteiger partial charge in [0.2, 0.25) is 0 Å². The minimum atomic E-state index is -2.55. The second kappa shape index (κ2) is 3.96. The van der Waals surface area contributed by atoms with Crippen molar-refractivity contribution in [3.63, 3.8) is 0 Å². The van der Waals surface area contributed by atoms with E-state index < -0.39 is 11.8 Å². The molecule has 0 spiro atoms. The van der Waals surface area contributed by atoms with Gasteiger partial charge in [-0.3, -0.25) is 4.98 Å². The number of piperidine rings is 1. The predicted molar refractivity (Wildman–Crippen MR) is 57.7 cm³/mol. The van der Waals surface area contributed by atoms with Crippen molar-refractivity contribution in [3.8, 4) is 0 Å². The van der Waals surface area contributed by atoms with Crippen LogP contribution in [0.25, 0.3) is 0 Å². The van der Waals surface area contributed by atoms with Gasteiger partial charge in [-0.25, -0.2) is 13.8 Å². The number of alkyl halides is 2. The molecule has 0 amide bonds. The molecule has 1 aliphatic heterocycles. The molecule has 16 heavy (non-hydrogen) atoms. The fourth-order valence-electron chi connectivity index (χ4n) is 1.90. The molecule has 2 heterocycles. The molecule has 5 heteroatoms. The summed E-state index contributed by atoms with van der Waals surface area (Å²) in [5.41, 5.74) is 0.808. The molecular formula is C11H15F2N3. The third-order valence-electron chi connectivity index (χ3n) is 3.00. The average Bonchev–Trinajstić information content (AvgIpc) is 2.22. The van der Waals surface area contributed by atoms with Crippen LogP contribution in [0.2, 0.25) is 0 Å². The maximum absolute atomic E-state index is 13.3. The Morgan fingerprint density at radius 1 is 1.44 bits per heavy atom. The normalized spacial score (nSPS) is 24.5. The summed E-state index contributed by atoms with van der Waals surface area (Å²) in [6.07, 6.45) is 3.18. The molecule has 0 saturated carbocycles. The van der Waals surface area contributed by atoms with Gasteiger partial charge in [-0.1, -0.05) is 6.92 Å². The molecule has 1 aromatic rings. The van der Waals surface area contributed by atoms with Gasteiger partial charge in [-0.05, 0) is 6.92 Å². The summed E-state index contributed by atoms with van der Waals surface area (Å²) in [4.78, 5) is 10.2. The van der Waals surface area contributed by atoms with E-state index in [1.165, 1.54) is 0 Å². The van der Waals surface area contributed by atoms with E-state index in [1.807, 2.05) is 11.8 Å². The molecule has 0 aliphatic carbocycles. The van der Waals surface area contributed by atoms with Crippen molar-refractivity contribution in [1.82, 2.24) is 9.97 Å². The van der Waals surface area contributed by atoms with E-state index >= 15 is 0 Å². The van der Waals surface area contributed by atoms with Gasteiger partial charge >= 0.3 is 0 Å². The molecule has 1 atom stereocenters. The Hall–Kier alpha value is -1.26. The monoisotopic (exact) mass is 227 g/mol. The van der Waals surface area contributed by atoms with Crippen molar-refractivity contribution in [2.24, 2.45) is 5.92 Å². The van der Waals surface area contributed by atoms with Crippen LogP contribution in [0.1, 0.15) is 19.0 Å². The van der Waals surface area contributed by atoms with Gasteiger partial charge in [0.15, 0.2) is 0 Å². The molecule has 1 unspecified atom stereocenters. The third kappa shape index (κ3) is 2.13. The quantitative estimate of drug-likeness (QED) is 0.737. The lowest BCUT2D eigenvalue weighted by Gasteiger charge is -2.37. The molecule has 0 radical (unpaired) electrons. The van der Waals surface area contributed by atoms with Gasteiger partial charge in [0.1, 0.15) is 5.82 Å². The van der Waals surface area contributed by atoms with Crippen molar-refractivity contribution in [2.75, 3.05) is 18.0 Å². The van der Waals surface area contributed by atoms with Gasteiger partial charge in [0, 0.05) is 31.6 Å². The maximum atomic E-state index is 13.3. The highest BCUT2D eigenvalue weighted by Gasteiger charge is 2.41. The average molecular weight is 227 g/mol. The van der Waals surface area contributed by atoms with Gasteiger partial charge in [-0.15, -0.1) is 0 Å². The number of aryl methyl sites for hydroxylation is 1. The molecule has 1 aromatic heterocycles. The topological polar surface area (TPSA) is 29.0 Å². The van der Waals surface area contributed by atoms with E-state index in [2.05, 4.69) is 9.97 Å². The first-order valence-electron chi connectivity index (χ1n) is 5.40. The molecule has 2 rings (SSSR count). The lowest BCUT2D eigenvalue weighted by molar-refractivity contribution is -0.0652. The number of aromatic nitrogens is 2. The van der Waals surface area contributed by atoms with Crippen LogP contribution in [0.3, 0.4) is 0 Å². The van der Waals surface area contributed by atoms with E-state index in [-0.39, 0.29) is 6.42 Å². The fourth-order valence-corrected chi connectivity index (χ4v) is 1.90. The van der Waals surface area contributed by atoms with Crippen LogP contribution in [0.4, 0.5) is 14.6 Å². The van der Waals surface area contributed by atoms with Crippen LogP contribution < -0.4 is 4.90 Å². The first kappa shape index (κ1) is 11.2.